The Balaban J connectivity index is 2.62. The zero-order chi connectivity index (χ0) is 8.10. The first-order valence-electron chi connectivity index (χ1n) is 4.14. The summed E-state index contributed by atoms with van der Waals surface area (Å²) in [6.45, 7) is 4.50. The first-order valence-corrected chi connectivity index (χ1v) is 7.58. The standard InChI is InChI=1S/C7H7.C3H7.Sn/c1-7-5-3-2-4-6-7;1-3-2;/h2-5H,1H3;1,3H2,2H3;. The molecule has 0 N–H and O–H groups in total. The molecule has 0 amide bonds. The molecule has 0 aliphatic rings. The van der Waals surface area contributed by atoms with Crippen molar-refractivity contribution in [2.75, 3.05) is 0 Å². The molecule has 2 radical (unpaired) electrons. The van der Waals surface area contributed by atoms with E-state index in [4.69, 9.17) is 0 Å². The van der Waals surface area contributed by atoms with Crippen LogP contribution in [0.25, 0.3) is 0 Å². The zero-order valence-electron chi connectivity index (χ0n) is 7.22. The van der Waals surface area contributed by atoms with Gasteiger partial charge in [0.1, 0.15) is 0 Å². The second kappa shape index (κ2) is 4.81. The SMILES string of the molecule is CC[CH2][Sn][c]1ccccc1C. The van der Waals surface area contributed by atoms with Gasteiger partial charge in [-0.05, 0) is 0 Å². The van der Waals surface area contributed by atoms with Crippen LogP contribution in [0.1, 0.15) is 18.9 Å². The van der Waals surface area contributed by atoms with Crippen LogP contribution in [0.4, 0.5) is 0 Å². The fraction of sp³-hybridized carbons (Fsp3) is 0.400. The minimum absolute atomic E-state index is 0.205. The van der Waals surface area contributed by atoms with Gasteiger partial charge in [0.25, 0.3) is 0 Å². The van der Waals surface area contributed by atoms with Crippen molar-refractivity contribution in [1.29, 1.82) is 0 Å². The van der Waals surface area contributed by atoms with Crippen LogP contribution in [0.3, 0.4) is 0 Å². The van der Waals surface area contributed by atoms with Gasteiger partial charge in [-0.1, -0.05) is 0 Å². The predicted molar refractivity (Wildman–Crippen MR) is 51.7 cm³/mol. The van der Waals surface area contributed by atoms with Crippen LogP contribution in [0, 0.1) is 6.92 Å². The van der Waals surface area contributed by atoms with Crippen LogP contribution >= 0.6 is 0 Å². The van der Waals surface area contributed by atoms with E-state index in [1.807, 2.05) is 0 Å². The first-order chi connectivity index (χ1) is 5.34. The third-order valence-electron chi connectivity index (χ3n) is 1.71. The van der Waals surface area contributed by atoms with Crippen LogP contribution in [0.2, 0.25) is 4.44 Å². The molecule has 58 valence electrons. The fourth-order valence-corrected chi connectivity index (χ4v) is 4.16. The van der Waals surface area contributed by atoms with E-state index in [9.17, 15) is 0 Å². The average molecular weight is 253 g/mol. The Labute approximate surface area is 79.2 Å². The summed E-state index contributed by atoms with van der Waals surface area (Å²) in [5, 5.41) is 0. The molecule has 0 saturated heterocycles. The van der Waals surface area contributed by atoms with Crippen molar-refractivity contribution in [2.45, 2.75) is 24.7 Å². The number of aryl methyl sites for hydroxylation is 1. The molecule has 0 nitrogen and oxygen atoms in total. The van der Waals surface area contributed by atoms with E-state index >= 15 is 0 Å². The van der Waals surface area contributed by atoms with E-state index in [-0.39, 0.29) is 21.1 Å². The summed E-state index contributed by atoms with van der Waals surface area (Å²) in [5.41, 5.74) is 1.51. The molecule has 0 bridgehead atoms. The first kappa shape index (κ1) is 9.11. The van der Waals surface area contributed by atoms with E-state index in [0.717, 1.165) is 0 Å². The van der Waals surface area contributed by atoms with E-state index < -0.39 is 0 Å². The van der Waals surface area contributed by atoms with Crippen molar-refractivity contribution >= 4 is 24.7 Å². The number of hydrogen-bond donors (Lipinski definition) is 0. The molecule has 1 rings (SSSR count). The molecule has 0 aliphatic carbocycles. The van der Waals surface area contributed by atoms with Crippen molar-refractivity contribution in [2.24, 2.45) is 0 Å². The van der Waals surface area contributed by atoms with Crippen LogP contribution in [0.15, 0.2) is 24.3 Å². The molecule has 1 aromatic rings. The van der Waals surface area contributed by atoms with Crippen molar-refractivity contribution in [3.63, 3.8) is 0 Å². The molecule has 11 heavy (non-hydrogen) atoms. The Hall–Kier alpha value is 0.0187. The average Bonchev–Trinajstić information content (AvgIpc) is 2.03. The van der Waals surface area contributed by atoms with Gasteiger partial charge in [-0.25, -0.2) is 0 Å². The van der Waals surface area contributed by atoms with Crippen LogP contribution in [-0.2, 0) is 0 Å². The molecule has 0 aliphatic heterocycles. The Bertz CT molecular complexity index is 218. The quantitative estimate of drug-likeness (QED) is 0.724. The number of rotatable bonds is 3. The summed E-state index contributed by atoms with van der Waals surface area (Å²) in [6, 6.07) is 8.83. The maximum absolute atomic E-state index is 2.30. The monoisotopic (exact) mass is 254 g/mol. The zero-order valence-corrected chi connectivity index (χ0v) is 10.1. The molecule has 0 fully saturated rings. The Morgan fingerprint density at radius 1 is 1.27 bits per heavy atom. The van der Waals surface area contributed by atoms with Crippen molar-refractivity contribution < 1.29 is 0 Å². The molecule has 0 aromatic heterocycles. The molecule has 0 saturated carbocycles. The Morgan fingerprint density at radius 2 is 2.00 bits per heavy atom. The van der Waals surface area contributed by atoms with E-state index in [0.29, 0.717) is 0 Å². The summed E-state index contributed by atoms with van der Waals surface area (Å²) in [5.74, 6) is 0. The van der Waals surface area contributed by atoms with Gasteiger partial charge in [0.05, 0.1) is 0 Å². The molecule has 1 heteroatoms. The normalized spacial score (nSPS) is 10.0. The van der Waals surface area contributed by atoms with Crippen molar-refractivity contribution in [3.8, 4) is 0 Å². The molecule has 0 atom stereocenters. The van der Waals surface area contributed by atoms with Crippen molar-refractivity contribution in [3.05, 3.63) is 29.8 Å². The van der Waals surface area contributed by atoms with E-state index in [2.05, 4.69) is 38.1 Å². The van der Waals surface area contributed by atoms with Crippen LogP contribution in [-0.4, -0.2) is 21.1 Å². The summed E-state index contributed by atoms with van der Waals surface area (Å²) in [6.07, 6.45) is 1.36. The molecule has 0 spiro atoms. The van der Waals surface area contributed by atoms with Gasteiger partial charge in [0.15, 0.2) is 0 Å². The van der Waals surface area contributed by atoms with Gasteiger partial charge in [-0.2, -0.15) is 0 Å². The molecular weight excluding hydrogens is 239 g/mol. The van der Waals surface area contributed by atoms with Gasteiger partial charge in [-0.15, -0.1) is 0 Å². The maximum atomic E-state index is 2.30. The predicted octanol–water partition coefficient (Wildman–Crippen LogP) is 2.15. The van der Waals surface area contributed by atoms with Crippen LogP contribution < -0.4 is 3.58 Å². The van der Waals surface area contributed by atoms with Gasteiger partial charge in [0.2, 0.25) is 0 Å². The Morgan fingerprint density at radius 3 is 2.64 bits per heavy atom. The van der Waals surface area contributed by atoms with Crippen LogP contribution in [0.5, 0.6) is 0 Å². The summed E-state index contributed by atoms with van der Waals surface area (Å²) < 4.78 is 3.16. The third kappa shape index (κ3) is 2.86. The van der Waals surface area contributed by atoms with Gasteiger partial charge < -0.3 is 0 Å². The second-order valence-electron chi connectivity index (χ2n) is 2.74. The van der Waals surface area contributed by atoms with Gasteiger partial charge in [-0.3, -0.25) is 0 Å². The third-order valence-corrected chi connectivity index (χ3v) is 6.54. The van der Waals surface area contributed by atoms with Gasteiger partial charge in [0, 0.05) is 0 Å². The Kier molecular flexibility index (Phi) is 3.98. The molecule has 0 unspecified atom stereocenters. The summed E-state index contributed by atoms with van der Waals surface area (Å²) in [4.78, 5) is 0. The number of hydrogen-bond acceptors (Lipinski definition) is 0. The van der Waals surface area contributed by atoms with Gasteiger partial charge >= 0.3 is 79.3 Å². The molecule has 0 heterocycles. The van der Waals surface area contributed by atoms with E-state index in [1.54, 1.807) is 3.58 Å². The number of benzene rings is 1. The van der Waals surface area contributed by atoms with Crippen molar-refractivity contribution in [1.82, 2.24) is 0 Å². The second-order valence-corrected chi connectivity index (χ2v) is 6.72. The topological polar surface area (TPSA) is 0 Å². The minimum atomic E-state index is -0.205. The fourth-order valence-electron chi connectivity index (χ4n) is 1.03. The molecular formula is C10H14Sn. The summed E-state index contributed by atoms with van der Waals surface area (Å²) in [7, 11) is 0. The molecule has 1 aromatic carbocycles. The summed E-state index contributed by atoms with van der Waals surface area (Å²) >= 11 is -0.205. The van der Waals surface area contributed by atoms with E-state index in [1.165, 1.54) is 16.4 Å².